The van der Waals surface area contributed by atoms with E-state index in [0.717, 1.165) is 5.56 Å². The second-order valence-electron chi connectivity index (χ2n) is 5.90. The molecule has 1 aromatic heterocycles. The maximum atomic E-state index is 12.3. The lowest BCUT2D eigenvalue weighted by molar-refractivity contribution is 0.0464. The highest BCUT2D eigenvalue weighted by atomic mass is 16.7. The first-order valence-electron chi connectivity index (χ1n) is 8.42. The van der Waals surface area contributed by atoms with Crippen molar-refractivity contribution in [2.75, 3.05) is 21.0 Å². The standard InChI is InChI=1S/C20H17NO7/c1-23-15-5-4-13(8-18(15)24-2)20(22)25-10-14-9-17(28-21-14)12-3-6-16-19(7-12)27-11-26-16/h3-9H,10-11H2,1-2H3. The summed E-state index contributed by atoms with van der Waals surface area (Å²) in [6.45, 7) is 0.174. The van der Waals surface area contributed by atoms with Gasteiger partial charge in [-0.3, -0.25) is 0 Å². The smallest absolute Gasteiger partial charge is 0.338 e. The molecule has 28 heavy (non-hydrogen) atoms. The summed E-state index contributed by atoms with van der Waals surface area (Å²) in [5.74, 6) is 2.35. The lowest BCUT2D eigenvalue weighted by Crippen LogP contribution is -2.06. The molecule has 0 saturated heterocycles. The van der Waals surface area contributed by atoms with Gasteiger partial charge in [-0.2, -0.15) is 0 Å². The van der Waals surface area contributed by atoms with E-state index in [1.165, 1.54) is 14.2 Å². The highest BCUT2D eigenvalue weighted by Gasteiger charge is 2.17. The zero-order valence-electron chi connectivity index (χ0n) is 15.3. The minimum Gasteiger partial charge on any atom is -0.493 e. The van der Waals surface area contributed by atoms with Gasteiger partial charge >= 0.3 is 5.97 Å². The average molecular weight is 383 g/mol. The van der Waals surface area contributed by atoms with Crippen molar-refractivity contribution in [3.05, 3.63) is 53.7 Å². The Hall–Kier alpha value is -3.68. The first-order chi connectivity index (χ1) is 13.7. The molecule has 8 nitrogen and oxygen atoms in total. The van der Waals surface area contributed by atoms with Gasteiger partial charge in [0.15, 0.2) is 28.8 Å². The second-order valence-corrected chi connectivity index (χ2v) is 5.90. The molecule has 0 spiro atoms. The van der Waals surface area contributed by atoms with Gasteiger partial charge in [-0.25, -0.2) is 4.79 Å². The summed E-state index contributed by atoms with van der Waals surface area (Å²) >= 11 is 0. The molecule has 0 N–H and O–H groups in total. The van der Waals surface area contributed by atoms with Crippen molar-refractivity contribution < 1.29 is 33.0 Å². The fourth-order valence-corrected chi connectivity index (χ4v) is 2.75. The van der Waals surface area contributed by atoms with Gasteiger partial charge in [0, 0.05) is 11.6 Å². The highest BCUT2D eigenvalue weighted by Crippen LogP contribution is 2.36. The quantitative estimate of drug-likeness (QED) is 0.598. The van der Waals surface area contributed by atoms with Gasteiger partial charge < -0.3 is 28.2 Å². The number of rotatable bonds is 6. The topological polar surface area (TPSA) is 89.3 Å². The van der Waals surface area contributed by atoms with Crippen LogP contribution in [0.2, 0.25) is 0 Å². The number of nitrogens with zero attached hydrogens (tertiary/aromatic N) is 1. The highest BCUT2D eigenvalue weighted by molar-refractivity contribution is 5.90. The summed E-state index contributed by atoms with van der Waals surface area (Å²) in [6, 6.07) is 12.0. The molecule has 1 aliphatic rings. The van der Waals surface area contributed by atoms with E-state index >= 15 is 0 Å². The van der Waals surface area contributed by atoms with Gasteiger partial charge in [0.05, 0.1) is 19.8 Å². The third-order valence-corrected chi connectivity index (χ3v) is 4.19. The molecule has 0 bridgehead atoms. The van der Waals surface area contributed by atoms with Crippen molar-refractivity contribution in [3.8, 4) is 34.3 Å². The summed E-state index contributed by atoms with van der Waals surface area (Å²) in [7, 11) is 3.03. The van der Waals surface area contributed by atoms with Gasteiger partial charge in [-0.1, -0.05) is 5.16 Å². The van der Waals surface area contributed by atoms with Crippen LogP contribution in [0.5, 0.6) is 23.0 Å². The predicted octanol–water partition coefficient (Wildman–Crippen LogP) is 3.44. The fourth-order valence-electron chi connectivity index (χ4n) is 2.75. The molecule has 144 valence electrons. The van der Waals surface area contributed by atoms with Crippen LogP contribution in [-0.2, 0) is 11.3 Å². The molecule has 0 radical (unpaired) electrons. The maximum absolute atomic E-state index is 12.3. The van der Waals surface area contributed by atoms with Crippen molar-refractivity contribution in [3.63, 3.8) is 0 Å². The van der Waals surface area contributed by atoms with Gasteiger partial charge in [-0.05, 0) is 36.4 Å². The number of carbonyl (C=O) groups is 1. The Balaban J connectivity index is 1.42. The maximum Gasteiger partial charge on any atom is 0.338 e. The third-order valence-electron chi connectivity index (χ3n) is 4.19. The van der Waals surface area contributed by atoms with Crippen LogP contribution in [0.25, 0.3) is 11.3 Å². The van der Waals surface area contributed by atoms with Crippen LogP contribution in [0.15, 0.2) is 47.0 Å². The number of fused-ring (bicyclic) bond motifs is 1. The molecule has 4 rings (SSSR count). The Labute approximate surface area is 160 Å². The van der Waals surface area contributed by atoms with E-state index in [1.54, 1.807) is 30.3 Å². The largest absolute Gasteiger partial charge is 0.493 e. The van der Waals surface area contributed by atoms with Crippen molar-refractivity contribution in [1.29, 1.82) is 0 Å². The van der Waals surface area contributed by atoms with E-state index in [2.05, 4.69) is 5.16 Å². The normalized spacial score (nSPS) is 11.9. The number of methoxy groups -OCH3 is 2. The number of hydrogen-bond acceptors (Lipinski definition) is 8. The summed E-state index contributed by atoms with van der Waals surface area (Å²) < 4.78 is 31.6. The molecule has 0 atom stereocenters. The summed E-state index contributed by atoms with van der Waals surface area (Å²) in [4.78, 5) is 12.3. The molecule has 0 saturated carbocycles. The zero-order chi connectivity index (χ0) is 19.5. The van der Waals surface area contributed by atoms with Crippen LogP contribution < -0.4 is 18.9 Å². The molecule has 0 unspecified atom stereocenters. The van der Waals surface area contributed by atoms with Crippen LogP contribution >= 0.6 is 0 Å². The number of hydrogen-bond donors (Lipinski definition) is 0. The lowest BCUT2D eigenvalue weighted by Gasteiger charge is -2.09. The second kappa shape index (κ2) is 7.51. The van der Waals surface area contributed by atoms with Crippen molar-refractivity contribution in [1.82, 2.24) is 5.16 Å². The van der Waals surface area contributed by atoms with Crippen LogP contribution in [0, 0.1) is 0 Å². The monoisotopic (exact) mass is 383 g/mol. The molecule has 8 heteroatoms. The van der Waals surface area contributed by atoms with Crippen molar-refractivity contribution in [2.24, 2.45) is 0 Å². The van der Waals surface area contributed by atoms with E-state index in [1.807, 2.05) is 12.1 Å². The molecule has 1 aliphatic heterocycles. The molecule has 0 aliphatic carbocycles. The van der Waals surface area contributed by atoms with Gasteiger partial charge in [0.25, 0.3) is 0 Å². The minimum absolute atomic E-state index is 0.0266. The van der Waals surface area contributed by atoms with Crippen LogP contribution in [-0.4, -0.2) is 32.1 Å². The van der Waals surface area contributed by atoms with Gasteiger partial charge in [0.2, 0.25) is 6.79 Å². The summed E-state index contributed by atoms with van der Waals surface area (Å²) in [5.41, 5.74) is 1.62. The molecular formula is C20H17NO7. The fraction of sp³-hybridized carbons (Fsp3) is 0.200. The zero-order valence-corrected chi connectivity index (χ0v) is 15.3. The number of esters is 1. The predicted molar refractivity (Wildman–Crippen MR) is 96.7 cm³/mol. The number of ether oxygens (including phenoxy) is 5. The molecule has 2 heterocycles. The summed E-state index contributed by atoms with van der Waals surface area (Å²) in [6.07, 6.45) is 0. The molecular weight excluding hydrogens is 366 g/mol. The van der Waals surface area contributed by atoms with Gasteiger partial charge in [-0.15, -0.1) is 0 Å². The first kappa shape index (κ1) is 17.7. The third kappa shape index (κ3) is 3.44. The van der Waals surface area contributed by atoms with Gasteiger partial charge in [0.1, 0.15) is 12.3 Å². The lowest BCUT2D eigenvalue weighted by atomic mass is 10.1. The Kier molecular flexibility index (Phi) is 4.76. The van der Waals surface area contributed by atoms with E-state index in [4.69, 9.17) is 28.2 Å². The van der Waals surface area contributed by atoms with Crippen LogP contribution in [0.1, 0.15) is 16.1 Å². The molecule has 0 fully saturated rings. The Bertz CT molecular complexity index is 1010. The molecule has 0 amide bonds. The number of aromatic nitrogens is 1. The van der Waals surface area contributed by atoms with E-state index < -0.39 is 5.97 Å². The van der Waals surface area contributed by atoms with Crippen molar-refractivity contribution in [2.45, 2.75) is 6.61 Å². The van der Waals surface area contributed by atoms with E-state index in [-0.39, 0.29) is 13.4 Å². The van der Waals surface area contributed by atoms with E-state index in [9.17, 15) is 4.79 Å². The SMILES string of the molecule is COc1ccc(C(=O)OCc2cc(-c3ccc4c(c3)OCO4)on2)cc1OC. The van der Waals surface area contributed by atoms with Crippen LogP contribution in [0.3, 0.4) is 0 Å². The number of benzene rings is 2. The molecule has 3 aromatic rings. The Morgan fingerprint density at radius 1 is 1.00 bits per heavy atom. The Morgan fingerprint density at radius 3 is 2.64 bits per heavy atom. The van der Waals surface area contributed by atoms with E-state index in [0.29, 0.717) is 40.0 Å². The first-order valence-corrected chi connectivity index (χ1v) is 8.42. The average Bonchev–Trinajstić information content (AvgIpc) is 3.40. The van der Waals surface area contributed by atoms with Crippen LogP contribution in [0.4, 0.5) is 0 Å². The minimum atomic E-state index is -0.506. The Morgan fingerprint density at radius 2 is 1.82 bits per heavy atom. The number of carbonyl (C=O) groups excluding carboxylic acids is 1. The summed E-state index contributed by atoms with van der Waals surface area (Å²) in [5, 5.41) is 3.94. The van der Waals surface area contributed by atoms with Crippen molar-refractivity contribution >= 4 is 5.97 Å². The molecule has 2 aromatic carbocycles.